The lowest BCUT2D eigenvalue weighted by Crippen LogP contribution is -1.93. The van der Waals surface area contributed by atoms with Gasteiger partial charge in [-0.2, -0.15) is 0 Å². The van der Waals surface area contributed by atoms with Crippen LogP contribution in [0.4, 0.5) is 4.39 Å². The Kier molecular flexibility index (Phi) is 3.17. The van der Waals surface area contributed by atoms with Gasteiger partial charge >= 0.3 is 0 Å². The van der Waals surface area contributed by atoms with Gasteiger partial charge in [0.1, 0.15) is 5.82 Å². The second-order valence-corrected chi connectivity index (χ2v) is 4.25. The van der Waals surface area contributed by atoms with Crippen molar-refractivity contribution in [1.29, 1.82) is 0 Å². The molecule has 0 aliphatic rings. The average molecular weight is 238 g/mol. The molecule has 1 atom stereocenters. The summed E-state index contributed by atoms with van der Waals surface area (Å²) < 4.78 is 33.7. The summed E-state index contributed by atoms with van der Waals surface area (Å²) in [5.74, 6) is -0.336. The van der Waals surface area contributed by atoms with E-state index in [0.29, 0.717) is 5.69 Å². The predicted molar refractivity (Wildman–Crippen MR) is 58.8 cm³/mol. The molecule has 1 unspecified atom stereocenters. The zero-order chi connectivity index (χ0) is 11.5. The number of hydrogen-bond donors (Lipinski definition) is 1. The van der Waals surface area contributed by atoms with Crippen LogP contribution in [0.1, 0.15) is 5.69 Å². The van der Waals surface area contributed by atoms with Gasteiger partial charge in [0.25, 0.3) is 0 Å². The van der Waals surface area contributed by atoms with Gasteiger partial charge in [0, 0.05) is 11.4 Å². The van der Waals surface area contributed by atoms with Gasteiger partial charge in [-0.25, -0.2) is 4.39 Å². The number of aromatic nitrogens is 1. The molecule has 2 aromatic rings. The first kappa shape index (κ1) is 11.0. The summed E-state index contributed by atoms with van der Waals surface area (Å²) >= 11 is -2.10. The highest BCUT2D eigenvalue weighted by atomic mass is 32.2. The van der Waals surface area contributed by atoms with Gasteiger partial charge in [-0.05, 0) is 53.0 Å². The molecule has 5 heteroatoms. The van der Waals surface area contributed by atoms with Crippen molar-refractivity contribution < 1.29 is 13.2 Å². The topological polar surface area (TPSA) is 55.9 Å². The highest BCUT2D eigenvalue weighted by Crippen LogP contribution is 2.19. The summed E-state index contributed by atoms with van der Waals surface area (Å²) in [6, 6.07) is 9.48. The first-order valence-electron chi connectivity index (χ1n) is 4.65. The minimum absolute atomic E-state index is 0.0405. The Hall–Kier alpha value is -1.46. The molecule has 2 rings (SSSR count). The molecule has 0 saturated heterocycles. The van der Waals surface area contributed by atoms with Gasteiger partial charge in [-0.15, -0.1) is 0 Å². The molecule has 0 fully saturated rings. The highest BCUT2D eigenvalue weighted by molar-refractivity contribution is 7.78. The van der Waals surface area contributed by atoms with Crippen molar-refractivity contribution in [1.82, 2.24) is 4.98 Å². The van der Waals surface area contributed by atoms with Crippen molar-refractivity contribution in [3.8, 4) is 11.3 Å². The zero-order valence-electron chi connectivity index (χ0n) is 8.27. The summed E-state index contributed by atoms with van der Waals surface area (Å²) in [6.07, 6.45) is 0. The molecule has 16 heavy (non-hydrogen) atoms. The van der Waals surface area contributed by atoms with E-state index in [-0.39, 0.29) is 11.6 Å². The molecule has 0 aliphatic heterocycles. The molecule has 1 aromatic carbocycles. The smallest absolute Gasteiger partial charge is 0.123 e. The van der Waals surface area contributed by atoms with E-state index in [1.165, 1.54) is 12.1 Å². The van der Waals surface area contributed by atoms with E-state index < -0.39 is 11.1 Å². The fraction of sp³-hybridized carbons (Fsp3) is 0.0909. The number of H-pyrrole nitrogens is 1. The second-order valence-electron chi connectivity index (χ2n) is 3.35. The minimum Gasteiger partial charge on any atom is -0.772 e. The van der Waals surface area contributed by atoms with Crippen LogP contribution in [0, 0.1) is 5.82 Å². The SMILES string of the molecule is O=S([O-])Cc1ccc(-c2ccc(F)cc2)[nH]1. The van der Waals surface area contributed by atoms with Crippen molar-refractivity contribution in [2.75, 3.05) is 0 Å². The average Bonchev–Trinajstić information content (AvgIpc) is 2.66. The van der Waals surface area contributed by atoms with Gasteiger partial charge in [0.15, 0.2) is 0 Å². The lowest BCUT2D eigenvalue weighted by Gasteiger charge is -2.02. The quantitative estimate of drug-likeness (QED) is 0.833. The normalized spacial score (nSPS) is 12.6. The highest BCUT2D eigenvalue weighted by Gasteiger charge is 2.01. The first-order chi connectivity index (χ1) is 7.65. The predicted octanol–water partition coefficient (Wildman–Crippen LogP) is 2.20. The number of benzene rings is 1. The Balaban J connectivity index is 2.24. The molecule has 0 saturated carbocycles. The van der Waals surface area contributed by atoms with Crippen molar-refractivity contribution >= 4 is 11.1 Å². The molecule has 0 aliphatic carbocycles. The van der Waals surface area contributed by atoms with Crippen molar-refractivity contribution in [3.05, 3.63) is 47.9 Å². The summed E-state index contributed by atoms with van der Waals surface area (Å²) in [7, 11) is 0. The van der Waals surface area contributed by atoms with Gasteiger partial charge in [-0.3, -0.25) is 4.21 Å². The lowest BCUT2D eigenvalue weighted by molar-refractivity contribution is 0.535. The van der Waals surface area contributed by atoms with E-state index in [0.717, 1.165) is 11.3 Å². The molecule has 0 spiro atoms. The Morgan fingerprint density at radius 3 is 2.50 bits per heavy atom. The van der Waals surface area contributed by atoms with Crippen LogP contribution in [0.15, 0.2) is 36.4 Å². The van der Waals surface area contributed by atoms with Crippen LogP contribution >= 0.6 is 0 Å². The summed E-state index contributed by atoms with van der Waals surface area (Å²) in [5, 5.41) is 0. The second kappa shape index (κ2) is 4.59. The zero-order valence-corrected chi connectivity index (χ0v) is 9.09. The van der Waals surface area contributed by atoms with E-state index in [1.807, 2.05) is 0 Å². The Morgan fingerprint density at radius 1 is 1.19 bits per heavy atom. The maximum Gasteiger partial charge on any atom is 0.123 e. The molecule has 0 amide bonds. The van der Waals surface area contributed by atoms with Crippen LogP contribution in [0.2, 0.25) is 0 Å². The molecule has 84 valence electrons. The fourth-order valence-electron chi connectivity index (χ4n) is 1.45. The number of rotatable bonds is 3. The van der Waals surface area contributed by atoms with E-state index in [2.05, 4.69) is 4.98 Å². The lowest BCUT2D eigenvalue weighted by atomic mass is 10.1. The van der Waals surface area contributed by atoms with Crippen molar-refractivity contribution in [2.45, 2.75) is 5.75 Å². The largest absolute Gasteiger partial charge is 0.772 e. The van der Waals surface area contributed by atoms with E-state index in [9.17, 15) is 13.2 Å². The van der Waals surface area contributed by atoms with E-state index in [4.69, 9.17) is 0 Å². The van der Waals surface area contributed by atoms with Gasteiger partial charge in [0.05, 0.1) is 5.75 Å². The van der Waals surface area contributed by atoms with Crippen LogP contribution < -0.4 is 0 Å². The number of aromatic amines is 1. The van der Waals surface area contributed by atoms with Crippen LogP contribution in [0.25, 0.3) is 11.3 Å². The molecule has 1 aromatic heterocycles. The number of hydrogen-bond acceptors (Lipinski definition) is 2. The minimum atomic E-state index is -2.10. The van der Waals surface area contributed by atoms with Gasteiger partial charge in [-0.1, -0.05) is 0 Å². The van der Waals surface area contributed by atoms with Gasteiger partial charge < -0.3 is 9.54 Å². The monoisotopic (exact) mass is 238 g/mol. The van der Waals surface area contributed by atoms with E-state index in [1.54, 1.807) is 24.3 Å². The van der Waals surface area contributed by atoms with Crippen LogP contribution in [-0.2, 0) is 16.8 Å². The fourth-order valence-corrected chi connectivity index (χ4v) is 1.87. The third kappa shape index (κ3) is 2.56. The number of nitrogens with one attached hydrogen (secondary N) is 1. The molecule has 3 nitrogen and oxygen atoms in total. The summed E-state index contributed by atoms with van der Waals surface area (Å²) in [4.78, 5) is 2.96. The molecule has 0 radical (unpaired) electrons. The molecule has 1 N–H and O–H groups in total. The molecular weight excluding hydrogens is 229 g/mol. The summed E-state index contributed by atoms with van der Waals surface area (Å²) in [6.45, 7) is 0. The standard InChI is InChI=1S/C11H10FNO2S/c12-9-3-1-8(2-4-9)11-6-5-10(13-11)7-16(14)15/h1-6,13H,7H2,(H,14,15)/p-1. The third-order valence-electron chi connectivity index (χ3n) is 2.17. The van der Waals surface area contributed by atoms with Gasteiger partial charge in [0.2, 0.25) is 0 Å². The van der Waals surface area contributed by atoms with Crippen LogP contribution in [-0.4, -0.2) is 13.7 Å². The van der Waals surface area contributed by atoms with Crippen molar-refractivity contribution in [2.24, 2.45) is 0 Å². The Labute approximate surface area is 94.6 Å². The molecular formula is C11H9FNO2S-. The van der Waals surface area contributed by atoms with E-state index >= 15 is 0 Å². The first-order valence-corrected chi connectivity index (χ1v) is 5.89. The molecule has 0 bridgehead atoms. The van der Waals surface area contributed by atoms with Crippen molar-refractivity contribution in [3.63, 3.8) is 0 Å². The van der Waals surface area contributed by atoms with Crippen LogP contribution in [0.3, 0.4) is 0 Å². The summed E-state index contributed by atoms with van der Waals surface area (Å²) in [5.41, 5.74) is 2.22. The third-order valence-corrected chi connectivity index (χ3v) is 2.72. The Morgan fingerprint density at radius 2 is 1.88 bits per heavy atom. The number of halogens is 1. The molecule has 1 heterocycles. The maximum absolute atomic E-state index is 12.7. The Bertz CT molecular complexity index is 507. The maximum atomic E-state index is 12.7. The van der Waals surface area contributed by atoms with Crippen LogP contribution in [0.5, 0.6) is 0 Å².